The molecule has 3 heteroatoms. The van der Waals surface area contributed by atoms with Crippen molar-refractivity contribution in [3.63, 3.8) is 0 Å². The van der Waals surface area contributed by atoms with Gasteiger partial charge in [0.25, 0.3) is 0 Å². The molecule has 3 N–H and O–H groups in total. The largest absolute Gasteiger partial charge is 0.370 e. The number of hydrogen-bond acceptors (Lipinski definition) is 3. The summed E-state index contributed by atoms with van der Waals surface area (Å²) >= 11 is 0. The van der Waals surface area contributed by atoms with E-state index in [0.717, 1.165) is 36.5 Å². The van der Waals surface area contributed by atoms with Gasteiger partial charge in [0.05, 0.1) is 0 Å². The first kappa shape index (κ1) is 11.0. The number of nitrogens with one attached hydrogen (secondary N) is 1. The molecule has 0 unspecified atom stereocenters. The van der Waals surface area contributed by atoms with Gasteiger partial charge in [0, 0.05) is 18.8 Å². The Morgan fingerprint density at radius 3 is 2.71 bits per heavy atom. The van der Waals surface area contributed by atoms with E-state index in [1.165, 1.54) is 0 Å². The molecule has 1 aromatic heterocycles. The van der Waals surface area contributed by atoms with Crippen molar-refractivity contribution in [2.45, 2.75) is 33.2 Å². The minimum atomic E-state index is 0.581. The summed E-state index contributed by atoms with van der Waals surface area (Å²) in [6.45, 7) is 5.70. The van der Waals surface area contributed by atoms with Crippen LogP contribution in [-0.4, -0.2) is 11.5 Å². The lowest BCUT2D eigenvalue weighted by Crippen LogP contribution is -2.05. The van der Waals surface area contributed by atoms with Gasteiger partial charge in [-0.1, -0.05) is 13.3 Å². The van der Waals surface area contributed by atoms with E-state index < -0.39 is 0 Å². The Morgan fingerprint density at radius 1 is 1.36 bits per heavy atom. The highest BCUT2D eigenvalue weighted by atomic mass is 15.0. The number of nitrogens with zero attached hydrogens (tertiary/aromatic N) is 1. The number of aromatic nitrogens is 1. The Morgan fingerprint density at radius 2 is 2.14 bits per heavy atom. The fraction of sp³-hybridized carbons (Fsp3) is 0.545. The molecule has 0 fully saturated rings. The van der Waals surface area contributed by atoms with E-state index in [4.69, 9.17) is 5.73 Å². The van der Waals surface area contributed by atoms with Crippen molar-refractivity contribution >= 4 is 5.82 Å². The predicted molar refractivity (Wildman–Crippen MR) is 60.3 cm³/mol. The second-order valence-corrected chi connectivity index (χ2v) is 3.34. The maximum atomic E-state index is 5.62. The zero-order chi connectivity index (χ0) is 10.4. The van der Waals surface area contributed by atoms with E-state index in [9.17, 15) is 0 Å². The van der Waals surface area contributed by atoms with Gasteiger partial charge in [-0.3, -0.25) is 0 Å². The fourth-order valence-electron chi connectivity index (χ4n) is 1.42. The molecule has 0 radical (unpaired) electrons. The van der Waals surface area contributed by atoms with Crippen molar-refractivity contribution in [3.8, 4) is 0 Å². The van der Waals surface area contributed by atoms with Crippen LogP contribution in [0.5, 0.6) is 0 Å². The Balaban J connectivity index is 2.88. The third-order valence-electron chi connectivity index (χ3n) is 2.04. The molecule has 0 aliphatic carbocycles. The molecule has 1 heterocycles. The summed E-state index contributed by atoms with van der Waals surface area (Å²) in [4.78, 5) is 4.49. The first-order chi connectivity index (χ1) is 6.80. The highest BCUT2D eigenvalue weighted by molar-refractivity contribution is 5.39. The summed E-state index contributed by atoms with van der Waals surface area (Å²) in [6.07, 6.45) is 2.14. The van der Waals surface area contributed by atoms with E-state index in [2.05, 4.69) is 30.2 Å². The van der Waals surface area contributed by atoms with E-state index in [1.54, 1.807) is 0 Å². The van der Waals surface area contributed by atoms with Crippen molar-refractivity contribution < 1.29 is 0 Å². The van der Waals surface area contributed by atoms with Gasteiger partial charge in [-0.05, 0) is 31.0 Å². The number of rotatable bonds is 5. The smallest absolute Gasteiger partial charge is 0.126 e. The Kier molecular flexibility index (Phi) is 4.40. The predicted octanol–water partition coefficient (Wildman–Crippen LogP) is 1.92. The summed E-state index contributed by atoms with van der Waals surface area (Å²) in [6, 6.07) is 4.10. The van der Waals surface area contributed by atoms with Crippen LogP contribution in [0.15, 0.2) is 12.1 Å². The van der Waals surface area contributed by atoms with Gasteiger partial charge in [0.1, 0.15) is 5.82 Å². The molecule has 0 bridgehead atoms. The highest BCUT2D eigenvalue weighted by Crippen LogP contribution is 2.11. The van der Waals surface area contributed by atoms with Crippen LogP contribution in [0.3, 0.4) is 0 Å². The molecule has 1 aromatic rings. The normalized spacial score (nSPS) is 10.2. The molecule has 0 saturated heterocycles. The van der Waals surface area contributed by atoms with Gasteiger partial charge in [-0.25, -0.2) is 4.98 Å². The molecule has 0 saturated carbocycles. The maximum Gasteiger partial charge on any atom is 0.126 e. The molecule has 0 amide bonds. The quantitative estimate of drug-likeness (QED) is 0.751. The number of aryl methyl sites for hydroxylation is 1. The van der Waals surface area contributed by atoms with Gasteiger partial charge in [-0.2, -0.15) is 0 Å². The van der Waals surface area contributed by atoms with Crippen LogP contribution in [0.2, 0.25) is 0 Å². The highest BCUT2D eigenvalue weighted by Gasteiger charge is 2.00. The van der Waals surface area contributed by atoms with Crippen molar-refractivity contribution in [2.24, 2.45) is 5.73 Å². The monoisotopic (exact) mass is 193 g/mol. The van der Waals surface area contributed by atoms with Crippen LogP contribution < -0.4 is 11.1 Å². The van der Waals surface area contributed by atoms with Crippen LogP contribution in [0.1, 0.15) is 31.5 Å². The third-order valence-corrected chi connectivity index (χ3v) is 2.04. The molecule has 0 atom stereocenters. The molecule has 78 valence electrons. The number of hydrogen-bond donors (Lipinski definition) is 2. The van der Waals surface area contributed by atoms with Crippen molar-refractivity contribution in [2.75, 3.05) is 11.9 Å². The summed E-state index contributed by atoms with van der Waals surface area (Å²) < 4.78 is 0. The van der Waals surface area contributed by atoms with Gasteiger partial charge in [-0.15, -0.1) is 0 Å². The summed E-state index contributed by atoms with van der Waals surface area (Å²) in [5.41, 5.74) is 7.91. The number of anilines is 1. The Labute approximate surface area is 85.7 Å². The minimum Gasteiger partial charge on any atom is -0.370 e. The lowest BCUT2D eigenvalue weighted by molar-refractivity contribution is 0.874. The van der Waals surface area contributed by atoms with Crippen LogP contribution in [0, 0.1) is 0 Å². The SMILES string of the molecule is CCCc1cc(CN)cc(NCC)n1. The summed E-state index contributed by atoms with van der Waals surface area (Å²) in [7, 11) is 0. The molecule has 0 spiro atoms. The van der Waals surface area contributed by atoms with Crippen LogP contribution in [0.25, 0.3) is 0 Å². The molecular weight excluding hydrogens is 174 g/mol. The van der Waals surface area contributed by atoms with Gasteiger partial charge in [0.2, 0.25) is 0 Å². The fourth-order valence-corrected chi connectivity index (χ4v) is 1.42. The number of pyridine rings is 1. The average Bonchev–Trinajstić information content (AvgIpc) is 2.18. The second-order valence-electron chi connectivity index (χ2n) is 3.34. The number of nitrogens with two attached hydrogens (primary N) is 1. The minimum absolute atomic E-state index is 0.581. The lowest BCUT2D eigenvalue weighted by atomic mass is 10.1. The average molecular weight is 193 g/mol. The first-order valence-electron chi connectivity index (χ1n) is 5.24. The molecule has 0 aromatic carbocycles. The van der Waals surface area contributed by atoms with E-state index in [0.29, 0.717) is 6.54 Å². The van der Waals surface area contributed by atoms with Crippen molar-refractivity contribution in [3.05, 3.63) is 23.4 Å². The molecule has 3 nitrogen and oxygen atoms in total. The zero-order valence-electron chi connectivity index (χ0n) is 9.01. The second kappa shape index (κ2) is 5.60. The van der Waals surface area contributed by atoms with Gasteiger partial charge in [0.15, 0.2) is 0 Å². The summed E-state index contributed by atoms with van der Waals surface area (Å²) in [5, 5.41) is 3.21. The molecule has 1 rings (SSSR count). The lowest BCUT2D eigenvalue weighted by Gasteiger charge is -2.07. The topological polar surface area (TPSA) is 50.9 Å². The van der Waals surface area contributed by atoms with Gasteiger partial charge < -0.3 is 11.1 Å². The molecule has 14 heavy (non-hydrogen) atoms. The first-order valence-corrected chi connectivity index (χ1v) is 5.24. The maximum absolute atomic E-state index is 5.62. The van der Waals surface area contributed by atoms with Crippen LogP contribution in [-0.2, 0) is 13.0 Å². The van der Waals surface area contributed by atoms with Crippen LogP contribution >= 0.6 is 0 Å². The van der Waals surface area contributed by atoms with E-state index in [-0.39, 0.29) is 0 Å². The van der Waals surface area contributed by atoms with Crippen LogP contribution in [0.4, 0.5) is 5.82 Å². The Bertz CT molecular complexity index is 260. The van der Waals surface area contributed by atoms with E-state index >= 15 is 0 Å². The molecular formula is C11H19N3. The van der Waals surface area contributed by atoms with Crippen molar-refractivity contribution in [1.82, 2.24) is 4.98 Å². The summed E-state index contributed by atoms with van der Waals surface area (Å²) in [5.74, 6) is 0.943. The Hall–Kier alpha value is -1.09. The standard InChI is InChI=1S/C11H19N3/c1-3-5-10-6-9(8-12)7-11(14-10)13-4-2/h6-7H,3-5,8,12H2,1-2H3,(H,13,14). The third kappa shape index (κ3) is 3.00. The van der Waals surface area contributed by atoms with E-state index in [1.807, 2.05) is 6.07 Å². The zero-order valence-corrected chi connectivity index (χ0v) is 9.01. The van der Waals surface area contributed by atoms with Crippen molar-refractivity contribution in [1.29, 1.82) is 0 Å². The van der Waals surface area contributed by atoms with Gasteiger partial charge >= 0.3 is 0 Å². The molecule has 0 aliphatic rings. The molecule has 0 aliphatic heterocycles.